The number of carbonyl (C=O) groups is 2. The molecule has 0 atom stereocenters. The molecule has 0 N–H and O–H groups in total. The molecule has 3 aromatic rings. The van der Waals surface area contributed by atoms with E-state index in [0.717, 1.165) is 31.8 Å². The monoisotopic (exact) mass is 444 g/mol. The van der Waals surface area contributed by atoms with Gasteiger partial charge in [0.2, 0.25) is 0 Å². The Balaban J connectivity index is 2.09. The van der Waals surface area contributed by atoms with Crippen LogP contribution in [0.3, 0.4) is 0 Å². The summed E-state index contributed by atoms with van der Waals surface area (Å²) in [5.74, 6) is -0.716. The van der Waals surface area contributed by atoms with Crippen LogP contribution in [0.2, 0.25) is 0 Å². The Hall–Kier alpha value is -2.45. The van der Waals surface area contributed by atoms with E-state index < -0.39 is 10.7 Å². The summed E-state index contributed by atoms with van der Waals surface area (Å²) in [5, 5.41) is 1.06. The first-order chi connectivity index (χ1) is 14.3. The summed E-state index contributed by atoms with van der Waals surface area (Å²) in [7, 11) is 0. The van der Waals surface area contributed by atoms with Gasteiger partial charge in [-0.2, -0.15) is 4.37 Å². The van der Waals surface area contributed by atoms with Crippen LogP contribution < -0.4 is 0 Å². The van der Waals surface area contributed by atoms with Crippen LogP contribution in [0.15, 0.2) is 35.4 Å². The van der Waals surface area contributed by atoms with E-state index >= 15 is 0 Å². The molecule has 8 heteroatoms. The van der Waals surface area contributed by atoms with Crippen LogP contribution in [0.25, 0.3) is 21.2 Å². The molecule has 0 bridgehead atoms. The molecule has 0 spiro atoms. The molecule has 0 fully saturated rings. The highest BCUT2D eigenvalue weighted by atomic mass is 32.2. The number of pyridine rings is 1. The first kappa shape index (κ1) is 22.2. The Labute approximate surface area is 184 Å². The molecular weight excluding hydrogens is 420 g/mol. The molecule has 6 nitrogen and oxygen atoms in total. The van der Waals surface area contributed by atoms with Crippen LogP contribution in [0.4, 0.5) is 0 Å². The first-order valence-electron chi connectivity index (χ1n) is 9.67. The second-order valence-electron chi connectivity index (χ2n) is 7.07. The molecule has 3 rings (SSSR count). The van der Waals surface area contributed by atoms with E-state index in [1.54, 1.807) is 26.1 Å². The van der Waals surface area contributed by atoms with Crippen LogP contribution in [0, 0.1) is 6.92 Å². The van der Waals surface area contributed by atoms with E-state index in [9.17, 15) is 9.59 Å². The predicted octanol–water partition coefficient (Wildman–Crippen LogP) is 5.28. The van der Waals surface area contributed by atoms with E-state index in [0.29, 0.717) is 13.2 Å². The number of ether oxygens (including phenoxy) is 2. The molecule has 2 aromatic heterocycles. The minimum absolute atomic E-state index is 0.259. The molecular formula is C22H24N2O4S2. The van der Waals surface area contributed by atoms with Gasteiger partial charge in [0, 0.05) is 27.6 Å². The number of aryl methyl sites for hydroxylation is 1. The van der Waals surface area contributed by atoms with Crippen molar-refractivity contribution in [1.82, 2.24) is 9.36 Å². The topological polar surface area (TPSA) is 78.4 Å². The second-order valence-corrected chi connectivity index (χ2v) is 9.51. The van der Waals surface area contributed by atoms with Gasteiger partial charge in [0.1, 0.15) is 10.4 Å². The van der Waals surface area contributed by atoms with Crippen LogP contribution in [0.5, 0.6) is 0 Å². The molecule has 158 valence electrons. The third-order valence-electron chi connectivity index (χ3n) is 4.45. The van der Waals surface area contributed by atoms with Crippen molar-refractivity contribution in [2.45, 2.75) is 44.3 Å². The van der Waals surface area contributed by atoms with Crippen molar-refractivity contribution in [3.63, 3.8) is 0 Å². The maximum absolute atomic E-state index is 12.4. The van der Waals surface area contributed by atoms with Crippen LogP contribution >= 0.6 is 23.3 Å². The zero-order chi connectivity index (χ0) is 21.9. The molecule has 30 heavy (non-hydrogen) atoms. The zero-order valence-electron chi connectivity index (χ0n) is 17.6. The van der Waals surface area contributed by atoms with Gasteiger partial charge in [0.25, 0.3) is 0 Å². The standard InChI is InChI=1S/C22H24N2O4S2/c1-6-27-20(25)16-10-8-14(12-23-16)18-17(29-22(4,5)21(26)28-7-2)11-9-15-13(3)24-30-19(15)18/h8-12H,6-7H2,1-5H3. The normalized spacial score (nSPS) is 11.5. The second kappa shape index (κ2) is 9.14. The number of carbonyl (C=O) groups excluding carboxylic acids is 2. The molecule has 0 aliphatic rings. The number of benzene rings is 1. The Morgan fingerprint density at radius 1 is 1.10 bits per heavy atom. The molecule has 0 unspecified atom stereocenters. The fourth-order valence-electron chi connectivity index (χ4n) is 2.95. The number of hydrogen-bond acceptors (Lipinski definition) is 8. The highest BCUT2D eigenvalue weighted by Gasteiger charge is 2.32. The molecule has 0 radical (unpaired) electrons. The summed E-state index contributed by atoms with van der Waals surface area (Å²) in [6.45, 7) is 9.86. The summed E-state index contributed by atoms with van der Waals surface area (Å²) in [6, 6.07) is 7.54. The van der Waals surface area contributed by atoms with Crippen molar-refractivity contribution in [3.05, 3.63) is 41.9 Å². The van der Waals surface area contributed by atoms with E-state index in [1.807, 2.05) is 39.0 Å². The highest BCUT2D eigenvalue weighted by molar-refractivity contribution is 8.01. The number of fused-ring (bicyclic) bond motifs is 1. The number of hydrogen-bond donors (Lipinski definition) is 0. The van der Waals surface area contributed by atoms with E-state index in [4.69, 9.17) is 9.47 Å². The Kier molecular flexibility index (Phi) is 6.77. The smallest absolute Gasteiger partial charge is 0.356 e. The lowest BCUT2D eigenvalue weighted by molar-refractivity contribution is -0.145. The van der Waals surface area contributed by atoms with Gasteiger partial charge >= 0.3 is 11.9 Å². The van der Waals surface area contributed by atoms with Gasteiger partial charge in [-0.05, 0) is 58.3 Å². The molecule has 0 aliphatic heterocycles. The molecule has 0 saturated carbocycles. The van der Waals surface area contributed by atoms with Gasteiger partial charge in [0.15, 0.2) is 0 Å². The fraction of sp³-hybridized carbons (Fsp3) is 0.364. The molecule has 0 amide bonds. The number of nitrogens with zero attached hydrogens (tertiary/aromatic N) is 2. The molecule has 0 saturated heterocycles. The first-order valence-corrected chi connectivity index (χ1v) is 11.3. The van der Waals surface area contributed by atoms with Gasteiger partial charge in [0.05, 0.1) is 23.6 Å². The maximum Gasteiger partial charge on any atom is 0.356 e. The van der Waals surface area contributed by atoms with Crippen molar-refractivity contribution in [2.75, 3.05) is 13.2 Å². The Bertz CT molecular complexity index is 1070. The number of thioether (sulfide) groups is 1. The van der Waals surface area contributed by atoms with E-state index in [2.05, 4.69) is 9.36 Å². The van der Waals surface area contributed by atoms with Crippen LogP contribution in [-0.2, 0) is 14.3 Å². The average Bonchev–Trinajstić information content (AvgIpc) is 3.09. The fourth-order valence-corrected chi connectivity index (χ4v) is 5.13. The van der Waals surface area contributed by atoms with Crippen molar-refractivity contribution in [1.29, 1.82) is 0 Å². The van der Waals surface area contributed by atoms with Crippen LogP contribution in [0.1, 0.15) is 43.9 Å². The third-order valence-corrected chi connectivity index (χ3v) is 6.66. The van der Waals surface area contributed by atoms with Gasteiger partial charge in [-0.3, -0.25) is 4.79 Å². The zero-order valence-corrected chi connectivity index (χ0v) is 19.3. The summed E-state index contributed by atoms with van der Waals surface area (Å²) in [6.07, 6.45) is 1.66. The highest BCUT2D eigenvalue weighted by Crippen LogP contribution is 2.44. The van der Waals surface area contributed by atoms with Gasteiger partial charge in [-0.25, -0.2) is 9.78 Å². The Morgan fingerprint density at radius 2 is 1.83 bits per heavy atom. The third kappa shape index (κ3) is 4.49. The summed E-state index contributed by atoms with van der Waals surface area (Å²) >= 11 is 2.86. The quantitative estimate of drug-likeness (QED) is 0.362. The van der Waals surface area contributed by atoms with E-state index in [1.165, 1.54) is 23.3 Å². The number of esters is 2. The van der Waals surface area contributed by atoms with Crippen molar-refractivity contribution in [2.24, 2.45) is 0 Å². The predicted molar refractivity (Wildman–Crippen MR) is 120 cm³/mol. The average molecular weight is 445 g/mol. The lowest BCUT2D eigenvalue weighted by Crippen LogP contribution is -2.30. The molecule has 1 aromatic carbocycles. The van der Waals surface area contributed by atoms with Crippen molar-refractivity contribution in [3.8, 4) is 11.1 Å². The van der Waals surface area contributed by atoms with Crippen molar-refractivity contribution < 1.29 is 19.1 Å². The molecule has 0 aliphatic carbocycles. The van der Waals surface area contributed by atoms with Gasteiger partial charge < -0.3 is 9.47 Å². The van der Waals surface area contributed by atoms with Gasteiger partial charge in [-0.15, -0.1) is 11.8 Å². The minimum Gasteiger partial charge on any atom is -0.465 e. The summed E-state index contributed by atoms with van der Waals surface area (Å²) in [5.41, 5.74) is 3.01. The lowest BCUT2D eigenvalue weighted by atomic mass is 10.0. The van der Waals surface area contributed by atoms with Crippen LogP contribution in [-0.4, -0.2) is 39.3 Å². The summed E-state index contributed by atoms with van der Waals surface area (Å²) in [4.78, 5) is 29.6. The maximum atomic E-state index is 12.4. The lowest BCUT2D eigenvalue weighted by Gasteiger charge is -2.23. The summed E-state index contributed by atoms with van der Waals surface area (Å²) < 4.78 is 15.0. The largest absolute Gasteiger partial charge is 0.465 e. The van der Waals surface area contributed by atoms with Crippen molar-refractivity contribution >= 4 is 45.3 Å². The van der Waals surface area contributed by atoms with E-state index in [-0.39, 0.29) is 11.7 Å². The number of rotatable bonds is 7. The SMILES string of the molecule is CCOC(=O)c1ccc(-c2c(SC(C)(C)C(=O)OCC)ccc3c(C)nsc23)cn1. The van der Waals surface area contributed by atoms with Gasteiger partial charge in [-0.1, -0.05) is 12.1 Å². The molecule has 2 heterocycles. The minimum atomic E-state index is -0.767. The Morgan fingerprint density at radius 3 is 2.47 bits per heavy atom. The number of aromatic nitrogens is 2.